The number of ketones is 1. The molecule has 1 atom stereocenters. The third kappa shape index (κ3) is 4.48. The Balaban J connectivity index is 1.58. The molecule has 1 aromatic heterocycles. The number of aromatic nitrogens is 1. The SMILES string of the molecule is O=C(c1ccncc1)c1cc(Cl)ccc1NS(=O)c1ccc(-c2ccccc2)cc1. The van der Waals surface area contributed by atoms with E-state index in [2.05, 4.69) is 9.71 Å². The summed E-state index contributed by atoms with van der Waals surface area (Å²) in [4.78, 5) is 17.5. The number of hydrogen-bond donors (Lipinski definition) is 1. The van der Waals surface area contributed by atoms with Crippen molar-refractivity contribution in [1.82, 2.24) is 4.98 Å². The van der Waals surface area contributed by atoms with E-state index in [1.165, 1.54) is 0 Å². The zero-order chi connectivity index (χ0) is 20.9. The number of hydrogen-bond acceptors (Lipinski definition) is 3. The topological polar surface area (TPSA) is 59.1 Å². The summed E-state index contributed by atoms with van der Waals surface area (Å²) >= 11 is 6.11. The number of benzene rings is 3. The predicted octanol–water partition coefficient (Wildman–Crippen LogP) is 5.77. The van der Waals surface area contributed by atoms with E-state index in [9.17, 15) is 9.00 Å². The van der Waals surface area contributed by atoms with Crippen molar-refractivity contribution in [2.75, 3.05) is 4.72 Å². The number of rotatable bonds is 6. The monoisotopic (exact) mass is 432 g/mol. The number of carbonyl (C=O) groups is 1. The Kier molecular flexibility index (Phi) is 6.02. The maximum atomic E-state index is 12.9. The summed E-state index contributed by atoms with van der Waals surface area (Å²) in [6.45, 7) is 0. The van der Waals surface area contributed by atoms with Gasteiger partial charge in [-0.25, -0.2) is 4.21 Å². The van der Waals surface area contributed by atoms with Crippen LogP contribution in [0.25, 0.3) is 11.1 Å². The molecule has 0 aliphatic rings. The lowest BCUT2D eigenvalue weighted by Gasteiger charge is -2.12. The van der Waals surface area contributed by atoms with E-state index in [-0.39, 0.29) is 5.78 Å². The van der Waals surface area contributed by atoms with Crippen LogP contribution in [0.2, 0.25) is 5.02 Å². The van der Waals surface area contributed by atoms with Gasteiger partial charge in [0.1, 0.15) is 11.0 Å². The molecule has 148 valence electrons. The van der Waals surface area contributed by atoms with Crippen molar-refractivity contribution >= 4 is 34.1 Å². The van der Waals surface area contributed by atoms with Crippen molar-refractivity contribution in [3.8, 4) is 11.1 Å². The molecule has 0 saturated carbocycles. The standard InChI is InChI=1S/C24H17ClN2O2S/c25-20-8-11-23(22(16-20)24(28)19-12-14-26-15-13-19)27-30(29)21-9-6-18(7-10-21)17-4-2-1-3-5-17/h1-16,27H. The Hall–Kier alpha value is -3.28. The number of carbonyl (C=O) groups excluding carboxylic acids is 1. The maximum absolute atomic E-state index is 12.9. The van der Waals surface area contributed by atoms with E-state index < -0.39 is 11.0 Å². The fourth-order valence-corrected chi connectivity index (χ4v) is 4.06. The lowest BCUT2D eigenvalue weighted by atomic mass is 10.0. The fraction of sp³-hybridized carbons (Fsp3) is 0. The summed E-state index contributed by atoms with van der Waals surface area (Å²) in [5.74, 6) is -0.223. The van der Waals surface area contributed by atoms with Crippen LogP contribution in [0, 0.1) is 0 Å². The molecule has 4 nitrogen and oxygen atoms in total. The summed E-state index contributed by atoms with van der Waals surface area (Å²) in [7, 11) is -1.55. The van der Waals surface area contributed by atoms with Gasteiger partial charge in [0.15, 0.2) is 5.78 Å². The van der Waals surface area contributed by atoms with E-state index in [0.29, 0.717) is 26.7 Å². The lowest BCUT2D eigenvalue weighted by molar-refractivity contribution is 0.103. The van der Waals surface area contributed by atoms with E-state index >= 15 is 0 Å². The first-order valence-corrected chi connectivity index (χ1v) is 10.7. The smallest absolute Gasteiger partial charge is 0.195 e. The normalized spacial score (nSPS) is 11.6. The Labute approximate surface area is 182 Å². The number of nitrogens with zero attached hydrogens (tertiary/aromatic N) is 1. The van der Waals surface area contributed by atoms with Gasteiger partial charge in [-0.2, -0.15) is 0 Å². The number of anilines is 1. The summed E-state index contributed by atoms with van der Waals surface area (Å²) < 4.78 is 15.8. The second kappa shape index (κ2) is 9.03. The Morgan fingerprint density at radius 2 is 1.50 bits per heavy atom. The van der Waals surface area contributed by atoms with Crippen molar-refractivity contribution < 1.29 is 9.00 Å². The average Bonchev–Trinajstić information content (AvgIpc) is 2.81. The molecule has 6 heteroatoms. The van der Waals surface area contributed by atoms with E-state index in [4.69, 9.17) is 11.6 Å². The molecule has 1 unspecified atom stereocenters. The second-order valence-corrected chi connectivity index (χ2v) is 8.17. The van der Waals surface area contributed by atoms with Crippen molar-refractivity contribution in [1.29, 1.82) is 0 Å². The summed E-state index contributed by atoms with van der Waals surface area (Å²) in [6.07, 6.45) is 3.11. The molecule has 30 heavy (non-hydrogen) atoms. The molecule has 1 heterocycles. The number of nitrogens with one attached hydrogen (secondary N) is 1. The summed E-state index contributed by atoms with van der Waals surface area (Å²) in [5, 5.41) is 0.427. The molecule has 0 saturated heterocycles. The quantitative estimate of drug-likeness (QED) is 0.393. The molecule has 1 N–H and O–H groups in total. The molecule has 0 radical (unpaired) electrons. The molecule has 0 aliphatic carbocycles. The largest absolute Gasteiger partial charge is 0.300 e. The van der Waals surface area contributed by atoms with Gasteiger partial charge in [0.25, 0.3) is 0 Å². The molecule has 0 spiro atoms. The molecule has 0 amide bonds. The van der Waals surface area contributed by atoms with Crippen LogP contribution in [-0.2, 0) is 11.0 Å². The van der Waals surface area contributed by atoms with Crippen LogP contribution in [0.3, 0.4) is 0 Å². The number of halogens is 1. The first kappa shape index (κ1) is 20.0. The molecular weight excluding hydrogens is 416 g/mol. The van der Waals surface area contributed by atoms with Crippen LogP contribution in [0.1, 0.15) is 15.9 Å². The highest BCUT2D eigenvalue weighted by Crippen LogP contribution is 2.26. The Bertz CT molecular complexity index is 1200. The first-order valence-electron chi connectivity index (χ1n) is 9.20. The summed E-state index contributed by atoms with van der Waals surface area (Å²) in [6, 6.07) is 25.6. The van der Waals surface area contributed by atoms with Crippen LogP contribution in [0.4, 0.5) is 5.69 Å². The highest BCUT2D eigenvalue weighted by Gasteiger charge is 2.16. The van der Waals surface area contributed by atoms with Crippen LogP contribution in [0.5, 0.6) is 0 Å². The van der Waals surface area contributed by atoms with Crippen LogP contribution in [0.15, 0.2) is 102 Å². The molecule has 0 bridgehead atoms. The van der Waals surface area contributed by atoms with E-state index in [1.54, 1.807) is 42.7 Å². The minimum Gasteiger partial charge on any atom is -0.300 e. The van der Waals surface area contributed by atoms with Crippen molar-refractivity contribution in [3.05, 3.63) is 113 Å². The Morgan fingerprint density at radius 1 is 0.833 bits per heavy atom. The number of pyridine rings is 1. The zero-order valence-corrected chi connectivity index (χ0v) is 17.4. The van der Waals surface area contributed by atoms with Crippen molar-refractivity contribution in [3.63, 3.8) is 0 Å². The summed E-state index contributed by atoms with van der Waals surface area (Å²) in [5.41, 5.74) is 3.41. The van der Waals surface area contributed by atoms with Gasteiger partial charge >= 0.3 is 0 Å². The van der Waals surface area contributed by atoms with Crippen molar-refractivity contribution in [2.24, 2.45) is 0 Å². The van der Waals surface area contributed by atoms with Crippen LogP contribution in [-0.4, -0.2) is 15.0 Å². The van der Waals surface area contributed by atoms with Gasteiger partial charge in [0.05, 0.1) is 10.6 Å². The lowest BCUT2D eigenvalue weighted by Crippen LogP contribution is -2.10. The van der Waals surface area contributed by atoms with Gasteiger partial charge in [-0.1, -0.05) is 54.1 Å². The predicted molar refractivity (Wildman–Crippen MR) is 121 cm³/mol. The third-order valence-corrected chi connectivity index (χ3v) is 5.89. The van der Waals surface area contributed by atoms with Gasteiger partial charge in [-0.3, -0.25) is 9.78 Å². The van der Waals surface area contributed by atoms with Gasteiger partial charge in [0.2, 0.25) is 0 Å². The molecule has 4 rings (SSSR count). The van der Waals surface area contributed by atoms with Gasteiger partial charge < -0.3 is 4.72 Å². The van der Waals surface area contributed by atoms with E-state index in [1.807, 2.05) is 54.6 Å². The molecule has 0 fully saturated rings. The van der Waals surface area contributed by atoms with Gasteiger partial charge in [-0.15, -0.1) is 0 Å². The molecule has 4 aromatic rings. The third-order valence-electron chi connectivity index (χ3n) is 4.55. The van der Waals surface area contributed by atoms with Gasteiger partial charge in [-0.05, 0) is 53.6 Å². The average molecular weight is 433 g/mol. The fourth-order valence-electron chi connectivity index (χ4n) is 3.01. The van der Waals surface area contributed by atoms with Crippen LogP contribution >= 0.6 is 11.6 Å². The molecule has 3 aromatic carbocycles. The highest BCUT2D eigenvalue weighted by atomic mass is 35.5. The highest BCUT2D eigenvalue weighted by molar-refractivity contribution is 7.86. The maximum Gasteiger partial charge on any atom is 0.195 e. The van der Waals surface area contributed by atoms with Crippen LogP contribution < -0.4 is 4.72 Å². The molecular formula is C24H17ClN2O2S. The second-order valence-electron chi connectivity index (χ2n) is 6.52. The zero-order valence-electron chi connectivity index (χ0n) is 15.8. The minimum atomic E-state index is -1.55. The van der Waals surface area contributed by atoms with Crippen molar-refractivity contribution in [2.45, 2.75) is 4.90 Å². The minimum absolute atomic E-state index is 0.223. The Morgan fingerprint density at radius 3 is 2.20 bits per heavy atom. The van der Waals surface area contributed by atoms with Gasteiger partial charge in [0, 0.05) is 28.5 Å². The van der Waals surface area contributed by atoms with E-state index in [0.717, 1.165) is 11.1 Å². The molecule has 0 aliphatic heterocycles. The first-order chi connectivity index (χ1) is 14.6.